The van der Waals surface area contributed by atoms with Crippen LogP contribution in [0.2, 0.25) is 6.32 Å². The lowest BCUT2D eigenvalue weighted by molar-refractivity contribution is 0.181. The van der Waals surface area contributed by atoms with Crippen molar-refractivity contribution in [3.8, 4) is 11.5 Å². The van der Waals surface area contributed by atoms with E-state index in [0.717, 1.165) is 35.3 Å². The molecular formula is C24H27BO4. The highest BCUT2D eigenvalue weighted by molar-refractivity contribution is 6.43. The van der Waals surface area contributed by atoms with Crippen LogP contribution in [0.15, 0.2) is 84.0 Å². The Morgan fingerprint density at radius 2 is 2.03 bits per heavy atom. The normalized spacial score (nSPS) is 17.0. The van der Waals surface area contributed by atoms with Gasteiger partial charge in [0.2, 0.25) is 0 Å². The summed E-state index contributed by atoms with van der Waals surface area (Å²) in [7, 11) is -0.790. The van der Waals surface area contributed by atoms with Crippen molar-refractivity contribution in [2.45, 2.75) is 32.2 Å². The van der Waals surface area contributed by atoms with Crippen molar-refractivity contribution in [3.63, 3.8) is 0 Å². The first-order valence-corrected chi connectivity index (χ1v) is 9.87. The van der Waals surface area contributed by atoms with E-state index in [9.17, 15) is 10.1 Å². The molecule has 0 aromatic heterocycles. The molecule has 0 saturated carbocycles. The first-order chi connectivity index (χ1) is 14.0. The average Bonchev–Trinajstić information content (AvgIpc) is 2.71. The number of rotatable bonds is 8. The molecule has 0 aliphatic carbocycles. The molecule has 1 unspecified atom stereocenters. The highest BCUT2D eigenvalue weighted by Crippen LogP contribution is 2.28. The Morgan fingerprint density at radius 1 is 1.24 bits per heavy atom. The molecule has 29 heavy (non-hydrogen) atoms. The van der Waals surface area contributed by atoms with Gasteiger partial charge in [-0.25, -0.2) is 0 Å². The molecule has 1 aliphatic heterocycles. The Hall–Kier alpha value is -2.76. The second kappa shape index (κ2) is 10.1. The fourth-order valence-electron chi connectivity index (χ4n) is 3.37. The van der Waals surface area contributed by atoms with Crippen LogP contribution >= 0.6 is 0 Å². The molecule has 1 aliphatic rings. The number of benzene rings is 2. The van der Waals surface area contributed by atoms with Crippen molar-refractivity contribution in [3.05, 3.63) is 89.5 Å². The Morgan fingerprint density at radius 3 is 2.79 bits per heavy atom. The van der Waals surface area contributed by atoms with Gasteiger partial charge in [-0.05, 0) is 60.7 Å². The fraction of sp³-hybridized carbons (Fsp3) is 0.250. The molecule has 1 atom stereocenters. The molecule has 0 spiro atoms. The van der Waals surface area contributed by atoms with Crippen LogP contribution in [0.25, 0.3) is 6.08 Å². The summed E-state index contributed by atoms with van der Waals surface area (Å²) in [4.78, 5) is 0. The van der Waals surface area contributed by atoms with E-state index >= 15 is 0 Å². The SMILES string of the molecule is C=C(COc1ccccc1)C1=CCB(O)OC1CC/C(C)=C/c1cccc(O)c1. The van der Waals surface area contributed by atoms with E-state index in [1.165, 1.54) is 5.57 Å². The number of phenols is 1. The van der Waals surface area contributed by atoms with Gasteiger partial charge in [-0.15, -0.1) is 0 Å². The van der Waals surface area contributed by atoms with Gasteiger partial charge in [0, 0.05) is 6.32 Å². The molecule has 0 saturated heterocycles. The van der Waals surface area contributed by atoms with Crippen molar-refractivity contribution in [2.75, 3.05) is 6.61 Å². The minimum Gasteiger partial charge on any atom is -0.508 e. The summed E-state index contributed by atoms with van der Waals surface area (Å²) >= 11 is 0. The molecule has 1 heterocycles. The number of ether oxygens (including phenoxy) is 1. The zero-order chi connectivity index (χ0) is 20.6. The van der Waals surface area contributed by atoms with E-state index in [1.807, 2.05) is 48.5 Å². The maximum atomic E-state index is 9.95. The van der Waals surface area contributed by atoms with Gasteiger partial charge in [0.1, 0.15) is 18.1 Å². The van der Waals surface area contributed by atoms with Crippen LogP contribution in [0, 0.1) is 0 Å². The second-order valence-corrected chi connectivity index (χ2v) is 7.30. The molecule has 0 bridgehead atoms. The second-order valence-electron chi connectivity index (χ2n) is 7.30. The molecule has 4 nitrogen and oxygen atoms in total. The zero-order valence-corrected chi connectivity index (χ0v) is 16.8. The zero-order valence-electron chi connectivity index (χ0n) is 16.8. The van der Waals surface area contributed by atoms with Crippen LogP contribution in [-0.4, -0.2) is 30.0 Å². The summed E-state index contributed by atoms with van der Waals surface area (Å²) in [5, 5.41) is 19.6. The topological polar surface area (TPSA) is 58.9 Å². The summed E-state index contributed by atoms with van der Waals surface area (Å²) in [5.74, 6) is 1.05. The van der Waals surface area contributed by atoms with E-state index in [4.69, 9.17) is 9.39 Å². The summed E-state index contributed by atoms with van der Waals surface area (Å²) in [6, 6.07) is 16.8. The standard InChI is InChI=1S/C24H27BO4/c1-18(15-20-7-6-8-21(26)16-20)11-12-24-23(13-14-25(27)29-24)19(2)17-28-22-9-4-3-5-10-22/h3-10,13,15-16,24,26-27H,2,11-12,14,17H2,1H3/b18-15+. The largest absolute Gasteiger partial charge is 0.508 e. The highest BCUT2D eigenvalue weighted by Gasteiger charge is 2.28. The van der Waals surface area contributed by atoms with Crippen LogP contribution in [-0.2, 0) is 4.65 Å². The van der Waals surface area contributed by atoms with Gasteiger partial charge < -0.3 is 19.5 Å². The van der Waals surface area contributed by atoms with Crippen LogP contribution in [0.5, 0.6) is 11.5 Å². The lowest BCUT2D eigenvalue weighted by Crippen LogP contribution is -2.32. The molecule has 0 radical (unpaired) electrons. The Bertz CT molecular complexity index is 889. The molecule has 2 N–H and O–H groups in total. The summed E-state index contributed by atoms with van der Waals surface area (Å²) < 4.78 is 11.6. The Kier molecular flexibility index (Phi) is 7.33. The maximum absolute atomic E-state index is 9.95. The van der Waals surface area contributed by atoms with E-state index in [-0.39, 0.29) is 11.9 Å². The van der Waals surface area contributed by atoms with Gasteiger partial charge in [-0.3, -0.25) is 0 Å². The smallest absolute Gasteiger partial charge is 0.458 e. The van der Waals surface area contributed by atoms with Gasteiger partial charge in [0.15, 0.2) is 0 Å². The Balaban J connectivity index is 1.60. The molecule has 3 rings (SSSR count). The van der Waals surface area contributed by atoms with Crippen LogP contribution in [0.3, 0.4) is 0 Å². The lowest BCUT2D eigenvalue weighted by Gasteiger charge is -2.28. The van der Waals surface area contributed by atoms with E-state index in [2.05, 4.69) is 19.6 Å². The molecular weight excluding hydrogens is 363 g/mol. The number of aromatic hydroxyl groups is 1. The summed E-state index contributed by atoms with van der Waals surface area (Å²) in [5.41, 5.74) is 3.99. The predicted octanol–water partition coefficient (Wildman–Crippen LogP) is 5.02. The molecule has 2 aromatic rings. The van der Waals surface area contributed by atoms with Gasteiger partial charge in [0.25, 0.3) is 0 Å². The lowest BCUT2D eigenvalue weighted by atomic mass is 9.78. The molecule has 150 valence electrons. The number of para-hydroxylation sites is 1. The fourth-order valence-corrected chi connectivity index (χ4v) is 3.37. The van der Waals surface area contributed by atoms with Crippen molar-refractivity contribution in [2.24, 2.45) is 0 Å². The van der Waals surface area contributed by atoms with Crippen LogP contribution in [0.4, 0.5) is 0 Å². The number of allylic oxidation sites excluding steroid dienone is 2. The monoisotopic (exact) mass is 390 g/mol. The molecule has 0 fully saturated rings. The average molecular weight is 390 g/mol. The molecule has 2 aromatic carbocycles. The maximum Gasteiger partial charge on any atom is 0.458 e. The highest BCUT2D eigenvalue weighted by atomic mass is 16.5. The predicted molar refractivity (Wildman–Crippen MR) is 118 cm³/mol. The Labute approximate surface area is 173 Å². The third-order valence-corrected chi connectivity index (χ3v) is 4.86. The van der Waals surface area contributed by atoms with E-state index in [0.29, 0.717) is 12.9 Å². The van der Waals surface area contributed by atoms with Crippen molar-refractivity contribution in [1.82, 2.24) is 0 Å². The number of hydrogen-bond donors (Lipinski definition) is 2. The van der Waals surface area contributed by atoms with Crippen LogP contribution < -0.4 is 4.74 Å². The van der Waals surface area contributed by atoms with Crippen molar-refractivity contribution < 1.29 is 19.5 Å². The van der Waals surface area contributed by atoms with E-state index in [1.54, 1.807) is 12.1 Å². The quantitative estimate of drug-likeness (QED) is 0.622. The summed E-state index contributed by atoms with van der Waals surface area (Å²) in [6.07, 6.45) is 5.82. The third-order valence-electron chi connectivity index (χ3n) is 4.86. The van der Waals surface area contributed by atoms with E-state index < -0.39 is 7.12 Å². The molecule has 0 amide bonds. The van der Waals surface area contributed by atoms with Gasteiger partial charge in [-0.1, -0.05) is 54.6 Å². The molecule has 5 heteroatoms. The minimum atomic E-state index is -0.790. The first kappa shape index (κ1) is 21.0. The van der Waals surface area contributed by atoms with Crippen LogP contribution in [0.1, 0.15) is 25.3 Å². The van der Waals surface area contributed by atoms with Crippen molar-refractivity contribution >= 4 is 13.2 Å². The van der Waals surface area contributed by atoms with Gasteiger partial charge in [-0.2, -0.15) is 0 Å². The minimum absolute atomic E-state index is 0.224. The first-order valence-electron chi connectivity index (χ1n) is 9.87. The van der Waals surface area contributed by atoms with Gasteiger partial charge in [0.05, 0.1) is 6.10 Å². The van der Waals surface area contributed by atoms with Crippen molar-refractivity contribution in [1.29, 1.82) is 0 Å². The summed E-state index contributed by atoms with van der Waals surface area (Å²) in [6.45, 7) is 6.61. The number of hydrogen-bond acceptors (Lipinski definition) is 4. The van der Waals surface area contributed by atoms with Gasteiger partial charge >= 0.3 is 7.12 Å². The number of phenolic OH excluding ortho intramolecular Hbond substituents is 1. The third kappa shape index (κ3) is 6.38.